The molecule has 2 rings (SSSR count). The van der Waals surface area contributed by atoms with Gasteiger partial charge in [-0.3, -0.25) is 0 Å². The van der Waals surface area contributed by atoms with E-state index in [4.69, 9.17) is 9.31 Å². The molecule has 0 bridgehead atoms. The Morgan fingerprint density at radius 1 is 1.16 bits per heavy atom. The van der Waals surface area contributed by atoms with Crippen LogP contribution in [0.25, 0.3) is 0 Å². The predicted octanol–water partition coefficient (Wildman–Crippen LogP) is 1.84. The lowest BCUT2D eigenvalue weighted by Crippen LogP contribution is -2.41. The van der Waals surface area contributed by atoms with Gasteiger partial charge in [-0.25, -0.2) is 4.98 Å². The highest BCUT2D eigenvalue weighted by Crippen LogP contribution is 2.36. The molecular formula is C14H23BN2O2. The maximum atomic E-state index is 6.00. The molecule has 19 heavy (non-hydrogen) atoms. The zero-order valence-corrected chi connectivity index (χ0v) is 12.7. The van der Waals surface area contributed by atoms with E-state index >= 15 is 0 Å². The third-order valence-corrected chi connectivity index (χ3v) is 4.16. The average Bonchev–Trinajstić information content (AvgIpc) is 2.58. The second-order valence-electron chi connectivity index (χ2n) is 6.05. The topological polar surface area (TPSA) is 34.6 Å². The fourth-order valence-electron chi connectivity index (χ4n) is 1.90. The summed E-state index contributed by atoms with van der Waals surface area (Å²) in [6.07, 6.45) is 1.84. The van der Waals surface area contributed by atoms with Gasteiger partial charge in [0.2, 0.25) is 0 Å². The fraction of sp³-hybridized carbons (Fsp3) is 0.643. The van der Waals surface area contributed by atoms with Gasteiger partial charge in [0, 0.05) is 25.3 Å². The number of hydrogen-bond acceptors (Lipinski definition) is 4. The Labute approximate surface area is 116 Å². The van der Waals surface area contributed by atoms with Gasteiger partial charge in [-0.2, -0.15) is 0 Å². The number of pyridine rings is 1. The van der Waals surface area contributed by atoms with Gasteiger partial charge in [-0.05, 0) is 40.7 Å². The molecule has 1 aromatic heterocycles. The van der Waals surface area contributed by atoms with Crippen molar-refractivity contribution in [3.05, 3.63) is 18.3 Å². The van der Waals surface area contributed by atoms with Gasteiger partial charge in [0.15, 0.2) is 0 Å². The lowest BCUT2D eigenvalue weighted by molar-refractivity contribution is 0.00578. The van der Waals surface area contributed by atoms with Crippen molar-refractivity contribution in [2.75, 3.05) is 18.5 Å². The predicted molar refractivity (Wildman–Crippen MR) is 78.9 cm³/mol. The largest absolute Gasteiger partial charge is 0.496 e. The minimum atomic E-state index is -0.335. The molecule has 104 valence electrons. The zero-order chi connectivity index (χ0) is 14.3. The van der Waals surface area contributed by atoms with E-state index in [1.807, 2.05) is 25.4 Å². The molecule has 1 aliphatic rings. The van der Waals surface area contributed by atoms with Crippen LogP contribution in [-0.2, 0) is 9.31 Å². The number of rotatable bonds is 3. The van der Waals surface area contributed by atoms with Gasteiger partial charge in [0.1, 0.15) is 5.82 Å². The second-order valence-corrected chi connectivity index (χ2v) is 6.05. The van der Waals surface area contributed by atoms with Crippen LogP contribution < -0.4 is 10.4 Å². The molecule has 0 unspecified atom stereocenters. The van der Waals surface area contributed by atoms with Crippen molar-refractivity contribution in [2.24, 2.45) is 0 Å². The highest BCUT2D eigenvalue weighted by molar-refractivity contribution is 6.62. The molecule has 1 saturated heterocycles. The van der Waals surface area contributed by atoms with Crippen molar-refractivity contribution in [1.29, 1.82) is 0 Å². The van der Waals surface area contributed by atoms with Crippen LogP contribution in [0.15, 0.2) is 18.3 Å². The first-order chi connectivity index (χ1) is 8.77. The monoisotopic (exact) mass is 262 g/mol. The molecule has 5 heteroatoms. The van der Waals surface area contributed by atoms with Gasteiger partial charge in [0.05, 0.1) is 11.2 Å². The van der Waals surface area contributed by atoms with E-state index in [1.54, 1.807) is 0 Å². The van der Waals surface area contributed by atoms with Crippen molar-refractivity contribution in [1.82, 2.24) is 4.98 Å². The zero-order valence-electron chi connectivity index (χ0n) is 12.7. The first-order valence-corrected chi connectivity index (χ1v) is 6.79. The third kappa shape index (κ3) is 2.62. The summed E-state index contributed by atoms with van der Waals surface area (Å²) in [6.45, 7) is 11.3. The van der Waals surface area contributed by atoms with E-state index in [9.17, 15) is 0 Å². The van der Waals surface area contributed by atoms with Crippen molar-refractivity contribution in [2.45, 2.75) is 45.8 Å². The molecule has 1 aliphatic heterocycles. The smallest absolute Gasteiger partial charge is 0.399 e. The van der Waals surface area contributed by atoms with Crippen molar-refractivity contribution < 1.29 is 9.31 Å². The van der Waals surface area contributed by atoms with E-state index in [-0.39, 0.29) is 18.3 Å². The Kier molecular flexibility index (Phi) is 3.62. The first kappa shape index (κ1) is 14.3. The summed E-state index contributed by atoms with van der Waals surface area (Å²) in [6, 6.07) is 4.03. The van der Waals surface area contributed by atoms with Crippen molar-refractivity contribution in [3.63, 3.8) is 0 Å². The molecule has 0 amide bonds. The van der Waals surface area contributed by atoms with Crippen molar-refractivity contribution >= 4 is 18.4 Å². The van der Waals surface area contributed by atoms with Gasteiger partial charge in [0.25, 0.3) is 0 Å². The van der Waals surface area contributed by atoms with E-state index in [2.05, 4.69) is 44.5 Å². The minimum Gasteiger partial charge on any atom is -0.399 e. The summed E-state index contributed by atoms with van der Waals surface area (Å²) in [5.74, 6) is 0.961. The molecule has 0 spiro atoms. The standard InChI is InChI=1S/C14H23BN2O2/c1-7-17(6)12-9-8-11(10-16-12)15-18-13(2,3)14(4,5)19-15/h8-10H,7H2,1-6H3. The molecule has 0 aliphatic carbocycles. The van der Waals surface area contributed by atoms with Crippen LogP contribution in [0, 0.1) is 0 Å². The molecule has 2 heterocycles. The highest BCUT2D eigenvalue weighted by Gasteiger charge is 2.51. The quantitative estimate of drug-likeness (QED) is 0.778. The van der Waals surface area contributed by atoms with Crippen LogP contribution in [0.4, 0.5) is 5.82 Å². The summed E-state index contributed by atoms with van der Waals surface area (Å²) in [5, 5.41) is 0. The molecular weight excluding hydrogens is 239 g/mol. The lowest BCUT2D eigenvalue weighted by Gasteiger charge is -2.32. The van der Waals surface area contributed by atoms with Crippen LogP contribution in [0.3, 0.4) is 0 Å². The Hall–Kier alpha value is -1.07. The summed E-state index contributed by atoms with van der Waals surface area (Å²) in [7, 11) is 1.69. The number of hydrogen-bond donors (Lipinski definition) is 0. The first-order valence-electron chi connectivity index (χ1n) is 6.79. The summed E-state index contributed by atoms with van der Waals surface area (Å²) < 4.78 is 12.0. The maximum absolute atomic E-state index is 6.00. The average molecular weight is 262 g/mol. The van der Waals surface area contributed by atoms with Crippen LogP contribution >= 0.6 is 0 Å². The fourth-order valence-corrected chi connectivity index (χ4v) is 1.90. The highest BCUT2D eigenvalue weighted by atomic mass is 16.7. The van der Waals surface area contributed by atoms with Gasteiger partial charge >= 0.3 is 7.12 Å². The molecule has 1 fully saturated rings. The minimum absolute atomic E-state index is 0.309. The summed E-state index contributed by atoms with van der Waals surface area (Å²) >= 11 is 0. The number of nitrogens with zero attached hydrogens (tertiary/aromatic N) is 2. The molecule has 0 atom stereocenters. The Morgan fingerprint density at radius 3 is 2.16 bits per heavy atom. The molecule has 4 nitrogen and oxygen atoms in total. The van der Waals surface area contributed by atoms with Crippen LogP contribution in [0.2, 0.25) is 0 Å². The molecule has 0 radical (unpaired) electrons. The Bertz CT molecular complexity index is 429. The van der Waals surface area contributed by atoms with E-state index < -0.39 is 0 Å². The molecule has 1 aromatic rings. The van der Waals surface area contributed by atoms with Crippen LogP contribution in [-0.4, -0.2) is 36.9 Å². The van der Waals surface area contributed by atoms with E-state index in [0.717, 1.165) is 17.8 Å². The molecule has 0 saturated carbocycles. The number of aromatic nitrogens is 1. The molecule has 0 aromatic carbocycles. The van der Waals surface area contributed by atoms with E-state index in [1.165, 1.54) is 0 Å². The van der Waals surface area contributed by atoms with Gasteiger partial charge in [-0.1, -0.05) is 6.07 Å². The van der Waals surface area contributed by atoms with Crippen LogP contribution in [0.1, 0.15) is 34.6 Å². The van der Waals surface area contributed by atoms with Crippen LogP contribution in [0.5, 0.6) is 0 Å². The molecule has 0 N–H and O–H groups in total. The van der Waals surface area contributed by atoms with Crippen molar-refractivity contribution in [3.8, 4) is 0 Å². The third-order valence-electron chi connectivity index (χ3n) is 4.16. The Balaban J connectivity index is 2.17. The SMILES string of the molecule is CCN(C)c1ccc(B2OC(C)(C)C(C)(C)O2)cn1. The lowest BCUT2D eigenvalue weighted by atomic mass is 9.80. The Morgan fingerprint density at radius 2 is 1.74 bits per heavy atom. The summed E-state index contributed by atoms with van der Waals surface area (Å²) in [5.41, 5.74) is 0.347. The second kappa shape index (κ2) is 4.80. The van der Waals surface area contributed by atoms with Gasteiger partial charge in [-0.15, -0.1) is 0 Å². The number of anilines is 1. The normalized spacial score (nSPS) is 20.6. The van der Waals surface area contributed by atoms with Gasteiger partial charge < -0.3 is 14.2 Å². The van der Waals surface area contributed by atoms with E-state index in [0.29, 0.717) is 0 Å². The summed E-state index contributed by atoms with van der Waals surface area (Å²) in [4.78, 5) is 6.55. The maximum Gasteiger partial charge on any atom is 0.496 e.